The van der Waals surface area contributed by atoms with E-state index in [0.29, 0.717) is 10.2 Å². The van der Waals surface area contributed by atoms with Crippen LogP contribution in [0.4, 0.5) is 5.69 Å². The number of carbonyl (C=O) groups is 2. The Hall–Kier alpha value is -2.73. The number of ether oxygens (including phenoxy) is 1. The predicted molar refractivity (Wildman–Crippen MR) is 112 cm³/mol. The number of hydrogen-bond acceptors (Lipinski definition) is 6. The van der Waals surface area contributed by atoms with Gasteiger partial charge >= 0.3 is 11.7 Å². The normalized spacial score (nSPS) is 10.9. The van der Waals surface area contributed by atoms with Crippen LogP contribution < -0.4 is 16.6 Å². The molecule has 10 nitrogen and oxygen atoms in total. The second kappa shape index (κ2) is 8.33. The lowest BCUT2D eigenvalue weighted by Crippen LogP contribution is -2.37. The zero-order chi connectivity index (χ0) is 21.3. The van der Waals surface area contributed by atoms with Crippen molar-refractivity contribution in [2.45, 2.75) is 6.54 Å². The Morgan fingerprint density at radius 2 is 1.90 bits per heavy atom. The van der Waals surface area contributed by atoms with Crippen molar-refractivity contribution >= 4 is 60.6 Å². The Morgan fingerprint density at radius 1 is 1.17 bits per heavy atom. The molecule has 0 radical (unpaired) electrons. The van der Waals surface area contributed by atoms with E-state index in [0.717, 1.165) is 9.04 Å². The third-order valence-electron chi connectivity index (χ3n) is 4.09. The van der Waals surface area contributed by atoms with E-state index >= 15 is 0 Å². The number of imidazole rings is 1. The van der Waals surface area contributed by atoms with Gasteiger partial charge in [0, 0.05) is 23.0 Å². The van der Waals surface area contributed by atoms with E-state index in [4.69, 9.17) is 4.74 Å². The molecule has 12 heteroatoms. The molecule has 3 rings (SSSR count). The first-order valence-electron chi connectivity index (χ1n) is 8.20. The third-order valence-corrected chi connectivity index (χ3v) is 5.24. The van der Waals surface area contributed by atoms with Crippen molar-refractivity contribution in [2.24, 2.45) is 14.1 Å². The molecule has 1 aromatic carbocycles. The SMILES string of the molecule is Cn1c(=O)c2c(ncn2CC(=O)OCC(=O)Nc2ccc(Br)cc2Br)n(C)c1=O. The Bertz CT molecular complexity index is 1240. The second-order valence-electron chi connectivity index (χ2n) is 6.08. The quantitative estimate of drug-likeness (QED) is 0.496. The van der Waals surface area contributed by atoms with Crippen LogP contribution in [0, 0.1) is 0 Å². The summed E-state index contributed by atoms with van der Waals surface area (Å²) in [6.07, 6.45) is 1.27. The van der Waals surface area contributed by atoms with Crippen LogP contribution in [0.25, 0.3) is 11.2 Å². The molecule has 29 heavy (non-hydrogen) atoms. The topological polar surface area (TPSA) is 117 Å². The van der Waals surface area contributed by atoms with Crippen LogP contribution in [0.2, 0.25) is 0 Å². The zero-order valence-electron chi connectivity index (χ0n) is 15.3. The molecule has 0 aliphatic carbocycles. The number of amides is 1. The van der Waals surface area contributed by atoms with Gasteiger partial charge < -0.3 is 14.6 Å². The van der Waals surface area contributed by atoms with E-state index in [1.165, 1.54) is 29.6 Å². The van der Waals surface area contributed by atoms with E-state index < -0.39 is 29.7 Å². The fraction of sp³-hybridized carbons (Fsp3) is 0.235. The van der Waals surface area contributed by atoms with Crippen LogP contribution in [-0.2, 0) is 35.0 Å². The predicted octanol–water partition coefficient (Wildman–Crippen LogP) is 1.14. The molecule has 1 amide bonds. The minimum Gasteiger partial charge on any atom is -0.454 e. The summed E-state index contributed by atoms with van der Waals surface area (Å²) >= 11 is 6.64. The fourth-order valence-electron chi connectivity index (χ4n) is 2.62. The van der Waals surface area contributed by atoms with E-state index in [1.807, 2.05) is 0 Å². The highest BCUT2D eigenvalue weighted by molar-refractivity contribution is 9.11. The van der Waals surface area contributed by atoms with Gasteiger partial charge in [0.25, 0.3) is 11.5 Å². The highest BCUT2D eigenvalue weighted by atomic mass is 79.9. The summed E-state index contributed by atoms with van der Waals surface area (Å²) in [7, 11) is 2.81. The Kier molecular flexibility index (Phi) is 6.03. The molecule has 0 saturated heterocycles. The number of anilines is 1. The lowest BCUT2D eigenvalue weighted by Gasteiger charge is -2.09. The molecule has 1 N–H and O–H groups in total. The van der Waals surface area contributed by atoms with Crippen LogP contribution in [0.5, 0.6) is 0 Å². The summed E-state index contributed by atoms with van der Waals surface area (Å²) in [6.45, 7) is -0.830. The first kappa shape index (κ1) is 21.0. The van der Waals surface area contributed by atoms with E-state index in [2.05, 4.69) is 42.2 Å². The number of aromatic nitrogens is 4. The number of fused-ring (bicyclic) bond motifs is 1. The highest BCUT2D eigenvalue weighted by Crippen LogP contribution is 2.26. The van der Waals surface area contributed by atoms with Gasteiger partial charge in [0.1, 0.15) is 6.54 Å². The van der Waals surface area contributed by atoms with Gasteiger partial charge in [-0.1, -0.05) is 15.9 Å². The monoisotopic (exact) mass is 527 g/mol. The minimum atomic E-state index is -0.731. The van der Waals surface area contributed by atoms with Crippen LogP contribution >= 0.6 is 31.9 Å². The molecule has 0 aliphatic heterocycles. The molecular formula is C17H15Br2N5O5. The average Bonchev–Trinajstić information content (AvgIpc) is 3.09. The lowest BCUT2D eigenvalue weighted by molar-refractivity contribution is -0.147. The van der Waals surface area contributed by atoms with Crippen LogP contribution in [0.1, 0.15) is 0 Å². The molecule has 152 valence electrons. The van der Waals surface area contributed by atoms with E-state index in [1.54, 1.807) is 18.2 Å². The average molecular weight is 529 g/mol. The van der Waals surface area contributed by atoms with Gasteiger partial charge in [-0.2, -0.15) is 0 Å². The molecule has 2 aromatic heterocycles. The van der Waals surface area contributed by atoms with Crippen molar-refractivity contribution in [1.82, 2.24) is 18.7 Å². The van der Waals surface area contributed by atoms with Crippen molar-refractivity contribution in [3.63, 3.8) is 0 Å². The van der Waals surface area contributed by atoms with Crippen molar-refractivity contribution in [3.05, 3.63) is 54.3 Å². The number of nitrogens with zero attached hydrogens (tertiary/aromatic N) is 4. The number of carbonyl (C=O) groups excluding carboxylic acids is 2. The molecule has 0 saturated carbocycles. The largest absolute Gasteiger partial charge is 0.454 e. The summed E-state index contributed by atoms with van der Waals surface area (Å²) < 4.78 is 9.90. The second-order valence-corrected chi connectivity index (χ2v) is 7.85. The fourth-order valence-corrected chi connectivity index (χ4v) is 3.77. The maximum absolute atomic E-state index is 12.4. The molecule has 2 heterocycles. The number of benzene rings is 1. The Labute approximate surface area is 180 Å². The van der Waals surface area contributed by atoms with Crippen molar-refractivity contribution in [3.8, 4) is 0 Å². The van der Waals surface area contributed by atoms with Gasteiger partial charge in [-0.3, -0.25) is 23.5 Å². The van der Waals surface area contributed by atoms with Gasteiger partial charge in [-0.05, 0) is 34.1 Å². The first-order chi connectivity index (χ1) is 13.7. The van der Waals surface area contributed by atoms with Crippen LogP contribution in [-0.4, -0.2) is 37.2 Å². The maximum Gasteiger partial charge on any atom is 0.332 e. The highest BCUT2D eigenvalue weighted by Gasteiger charge is 2.17. The van der Waals surface area contributed by atoms with Crippen molar-refractivity contribution in [1.29, 1.82) is 0 Å². The molecular weight excluding hydrogens is 514 g/mol. The molecule has 0 fully saturated rings. The smallest absolute Gasteiger partial charge is 0.332 e. The van der Waals surface area contributed by atoms with Gasteiger partial charge in [0.05, 0.1) is 12.0 Å². The maximum atomic E-state index is 12.4. The Balaban J connectivity index is 1.68. The molecule has 0 unspecified atom stereocenters. The molecule has 0 spiro atoms. The number of esters is 1. The molecule has 0 atom stereocenters. The van der Waals surface area contributed by atoms with E-state index in [-0.39, 0.29) is 17.7 Å². The summed E-state index contributed by atoms with van der Waals surface area (Å²) in [5.41, 5.74) is -0.324. The van der Waals surface area contributed by atoms with Gasteiger partial charge in [-0.25, -0.2) is 9.78 Å². The first-order valence-corrected chi connectivity index (χ1v) is 9.79. The molecule has 0 aliphatic rings. The number of nitrogens with one attached hydrogen (secondary N) is 1. The number of halogens is 2. The van der Waals surface area contributed by atoms with Crippen molar-refractivity contribution < 1.29 is 14.3 Å². The van der Waals surface area contributed by atoms with Crippen molar-refractivity contribution in [2.75, 3.05) is 11.9 Å². The lowest BCUT2D eigenvalue weighted by atomic mass is 10.3. The summed E-state index contributed by atoms with van der Waals surface area (Å²) in [5, 5.41) is 2.62. The van der Waals surface area contributed by atoms with Crippen LogP contribution in [0.3, 0.4) is 0 Å². The summed E-state index contributed by atoms with van der Waals surface area (Å²) in [5.74, 6) is -1.25. The number of rotatable bonds is 5. The third kappa shape index (κ3) is 4.32. The summed E-state index contributed by atoms with van der Waals surface area (Å²) in [4.78, 5) is 52.5. The molecule has 0 bridgehead atoms. The van der Waals surface area contributed by atoms with Gasteiger partial charge in [-0.15, -0.1) is 0 Å². The molecule has 3 aromatic rings. The van der Waals surface area contributed by atoms with Gasteiger partial charge in [0.15, 0.2) is 17.8 Å². The zero-order valence-corrected chi connectivity index (χ0v) is 18.5. The minimum absolute atomic E-state index is 0.0924. The Morgan fingerprint density at radius 3 is 2.59 bits per heavy atom. The van der Waals surface area contributed by atoms with E-state index in [9.17, 15) is 19.2 Å². The van der Waals surface area contributed by atoms with Gasteiger partial charge in [0.2, 0.25) is 0 Å². The number of aryl methyl sites for hydroxylation is 1. The summed E-state index contributed by atoms with van der Waals surface area (Å²) in [6, 6.07) is 5.20. The standard InChI is InChI=1S/C17H15Br2N5O5/c1-22-15-14(16(27)23(2)17(22)28)24(8-20-15)6-13(26)29-7-12(25)21-11-4-3-9(18)5-10(11)19/h3-5,8H,6-7H2,1-2H3,(H,21,25). The van der Waals surface area contributed by atoms with Crippen LogP contribution in [0.15, 0.2) is 43.1 Å². The number of hydrogen-bond donors (Lipinski definition) is 1.